The topological polar surface area (TPSA) is 134 Å². The lowest BCUT2D eigenvalue weighted by Crippen LogP contribution is -2.07. The third kappa shape index (κ3) is 13.4. The van der Waals surface area contributed by atoms with Crippen molar-refractivity contribution in [2.75, 3.05) is 24.7 Å². The Bertz CT molecular complexity index is 1350. The molecule has 45 heavy (non-hydrogen) atoms. The fourth-order valence-electron chi connectivity index (χ4n) is 4.95. The second kappa shape index (κ2) is 19.7. The Morgan fingerprint density at radius 3 is 1.84 bits per heavy atom. The maximum atomic E-state index is 12.2. The summed E-state index contributed by atoms with van der Waals surface area (Å²) >= 11 is 0. The van der Waals surface area contributed by atoms with E-state index in [1.807, 2.05) is 24.3 Å². The Hall–Kier alpha value is -4.46. The Morgan fingerprint density at radius 2 is 1.24 bits per heavy atom. The zero-order valence-electron chi connectivity index (χ0n) is 26.5. The first kappa shape index (κ1) is 35.0. The first-order valence-electron chi connectivity index (χ1n) is 16.1. The van der Waals surface area contributed by atoms with Gasteiger partial charge in [0.1, 0.15) is 17.2 Å². The average Bonchev–Trinajstić information content (AvgIpc) is 3.02. The van der Waals surface area contributed by atoms with Crippen LogP contribution in [0.25, 0.3) is 6.08 Å². The van der Waals surface area contributed by atoms with E-state index in [0.717, 1.165) is 62.0 Å². The van der Waals surface area contributed by atoms with Gasteiger partial charge in [-0.1, -0.05) is 70.4 Å². The molecule has 0 bridgehead atoms. The van der Waals surface area contributed by atoms with E-state index in [2.05, 4.69) is 6.92 Å². The molecule has 242 valence electrons. The van der Waals surface area contributed by atoms with Gasteiger partial charge in [0, 0.05) is 17.5 Å². The highest BCUT2D eigenvalue weighted by molar-refractivity contribution is 5.92. The van der Waals surface area contributed by atoms with Crippen molar-refractivity contribution in [3.8, 4) is 17.2 Å². The highest BCUT2D eigenvalue weighted by Crippen LogP contribution is 2.24. The number of unbranched alkanes of at least 4 members (excludes halogenated alkanes) is 9. The van der Waals surface area contributed by atoms with Gasteiger partial charge in [0.2, 0.25) is 0 Å². The third-order valence-corrected chi connectivity index (χ3v) is 7.48. The highest BCUT2D eigenvalue weighted by atomic mass is 16.5. The molecule has 0 aliphatic heterocycles. The molecule has 0 unspecified atom stereocenters. The van der Waals surface area contributed by atoms with E-state index in [4.69, 9.17) is 25.7 Å². The van der Waals surface area contributed by atoms with Crippen molar-refractivity contribution in [1.82, 2.24) is 0 Å². The van der Waals surface area contributed by atoms with E-state index in [1.165, 1.54) is 37.8 Å². The van der Waals surface area contributed by atoms with E-state index >= 15 is 0 Å². The van der Waals surface area contributed by atoms with Gasteiger partial charge in [0.15, 0.2) is 0 Å². The number of carboxylic acids is 1. The largest absolute Gasteiger partial charge is 0.494 e. The van der Waals surface area contributed by atoms with Gasteiger partial charge < -0.3 is 30.8 Å². The van der Waals surface area contributed by atoms with Crippen LogP contribution in [-0.2, 0) is 11.2 Å². The lowest BCUT2D eigenvalue weighted by atomic mass is 9.98. The standard InChI is InChI=1S/C37H48N2O6/c1-2-3-24-43-31-19-21-32(22-20-31)45-36(40)23-16-28-14-17-30(18-15-28)44-25-12-10-8-6-4-5-7-9-11-13-33-34(37(41)42)26-29(38)27-35(33)39/h14-23,26-27H,2-13,24-25,38-39H2,1H3,(H,41,42)/b23-16+. The van der Waals surface area contributed by atoms with Crippen molar-refractivity contribution in [2.24, 2.45) is 0 Å². The first-order valence-corrected chi connectivity index (χ1v) is 16.1. The molecule has 0 saturated heterocycles. The summed E-state index contributed by atoms with van der Waals surface area (Å²) in [6, 6.07) is 17.8. The number of benzene rings is 3. The first-order chi connectivity index (χ1) is 21.9. The third-order valence-electron chi connectivity index (χ3n) is 7.48. The number of hydrogen-bond donors (Lipinski definition) is 3. The van der Waals surface area contributed by atoms with Crippen LogP contribution >= 0.6 is 0 Å². The van der Waals surface area contributed by atoms with Crippen molar-refractivity contribution in [3.05, 3.63) is 83.4 Å². The normalized spacial score (nSPS) is 11.0. The number of nitrogen functional groups attached to an aromatic ring is 2. The molecule has 3 rings (SSSR count). The number of hydrogen-bond acceptors (Lipinski definition) is 7. The summed E-state index contributed by atoms with van der Waals surface area (Å²) < 4.78 is 16.9. The smallest absolute Gasteiger partial charge is 0.336 e. The summed E-state index contributed by atoms with van der Waals surface area (Å²) in [6.07, 6.45) is 15.9. The monoisotopic (exact) mass is 616 g/mol. The molecule has 0 atom stereocenters. The average molecular weight is 617 g/mol. The number of carbonyl (C=O) groups excluding carboxylic acids is 1. The summed E-state index contributed by atoms with van der Waals surface area (Å²) in [5.41, 5.74) is 14.4. The van der Waals surface area contributed by atoms with Gasteiger partial charge in [-0.2, -0.15) is 0 Å². The van der Waals surface area contributed by atoms with Gasteiger partial charge in [0.05, 0.1) is 18.8 Å². The molecule has 3 aromatic rings. The van der Waals surface area contributed by atoms with Crippen molar-refractivity contribution < 1.29 is 28.9 Å². The van der Waals surface area contributed by atoms with Gasteiger partial charge >= 0.3 is 11.9 Å². The predicted octanol–water partition coefficient (Wildman–Crippen LogP) is 8.48. The van der Waals surface area contributed by atoms with Gasteiger partial charge in [-0.25, -0.2) is 9.59 Å². The zero-order valence-corrected chi connectivity index (χ0v) is 26.5. The SMILES string of the molecule is CCCCOc1ccc(OC(=O)/C=C/c2ccc(OCCCCCCCCCCCc3c(N)cc(N)cc3C(=O)O)cc2)cc1. The Balaban J connectivity index is 1.20. The number of ether oxygens (including phenoxy) is 3. The van der Waals surface area contributed by atoms with Crippen molar-refractivity contribution >= 4 is 29.4 Å². The fraction of sp³-hybridized carbons (Fsp3) is 0.405. The number of nitrogens with two attached hydrogens (primary N) is 2. The van der Waals surface area contributed by atoms with Crippen LogP contribution in [0.15, 0.2) is 66.7 Å². The molecular weight excluding hydrogens is 568 g/mol. The van der Waals surface area contributed by atoms with Crippen LogP contribution in [0, 0.1) is 0 Å². The van der Waals surface area contributed by atoms with Crippen LogP contribution in [0.1, 0.15) is 99.0 Å². The van der Waals surface area contributed by atoms with E-state index in [9.17, 15) is 14.7 Å². The minimum Gasteiger partial charge on any atom is -0.494 e. The molecular formula is C37H48N2O6. The number of esters is 1. The summed E-state index contributed by atoms with van der Waals surface area (Å²) in [4.78, 5) is 23.7. The highest BCUT2D eigenvalue weighted by Gasteiger charge is 2.14. The minimum absolute atomic E-state index is 0.215. The van der Waals surface area contributed by atoms with Crippen LogP contribution in [0.5, 0.6) is 17.2 Å². The van der Waals surface area contributed by atoms with Crippen molar-refractivity contribution in [1.29, 1.82) is 0 Å². The lowest BCUT2D eigenvalue weighted by molar-refractivity contribution is -0.128. The number of anilines is 2. The van der Waals surface area contributed by atoms with E-state index < -0.39 is 11.9 Å². The quantitative estimate of drug-likeness (QED) is 0.0357. The molecule has 0 saturated carbocycles. The maximum absolute atomic E-state index is 12.2. The summed E-state index contributed by atoms with van der Waals surface area (Å²) in [7, 11) is 0. The molecule has 0 heterocycles. The molecule has 5 N–H and O–H groups in total. The molecule has 8 nitrogen and oxygen atoms in total. The van der Waals surface area contributed by atoms with Crippen LogP contribution in [0.3, 0.4) is 0 Å². The number of rotatable bonds is 21. The van der Waals surface area contributed by atoms with E-state index in [-0.39, 0.29) is 5.56 Å². The zero-order chi connectivity index (χ0) is 32.3. The van der Waals surface area contributed by atoms with Crippen molar-refractivity contribution in [3.63, 3.8) is 0 Å². The van der Waals surface area contributed by atoms with Crippen LogP contribution < -0.4 is 25.7 Å². The summed E-state index contributed by atoms with van der Waals surface area (Å²) in [5, 5.41) is 9.42. The summed E-state index contributed by atoms with van der Waals surface area (Å²) in [6.45, 7) is 3.47. The molecule has 0 aliphatic carbocycles. The Kier molecular flexibility index (Phi) is 15.4. The minimum atomic E-state index is -0.983. The molecule has 0 fully saturated rings. The second-order valence-electron chi connectivity index (χ2n) is 11.2. The van der Waals surface area contributed by atoms with E-state index in [1.54, 1.807) is 36.4 Å². The molecule has 8 heteroatoms. The van der Waals surface area contributed by atoms with Gasteiger partial charge in [-0.15, -0.1) is 0 Å². The second-order valence-corrected chi connectivity index (χ2v) is 11.2. The number of aromatic carboxylic acids is 1. The molecule has 3 aromatic carbocycles. The summed E-state index contributed by atoms with van der Waals surface area (Å²) in [5.74, 6) is 0.628. The van der Waals surface area contributed by atoms with Crippen LogP contribution in [-0.4, -0.2) is 30.3 Å². The van der Waals surface area contributed by atoms with Gasteiger partial charge in [0.25, 0.3) is 0 Å². The number of carbonyl (C=O) groups is 2. The molecule has 0 aromatic heterocycles. The molecule has 0 amide bonds. The number of carboxylic acid groups (broad SMARTS) is 1. The Labute approximate surface area is 267 Å². The molecule has 0 spiro atoms. The molecule has 0 aliphatic rings. The van der Waals surface area contributed by atoms with Crippen LogP contribution in [0.4, 0.5) is 11.4 Å². The van der Waals surface area contributed by atoms with Crippen LogP contribution in [0.2, 0.25) is 0 Å². The predicted molar refractivity (Wildman–Crippen MR) is 181 cm³/mol. The van der Waals surface area contributed by atoms with Crippen molar-refractivity contribution in [2.45, 2.75) is 84.0 Å². The maximum Gasteiger partial charge on any atom is 0.336 e. The molecule has 0 radical (unpaired) electrons. The van der Waals surface area contributed by atoms with E-state index in [0.29, 0.717) is 42.3 Å². The van der Waals surface area contributed by atoms with Gasteiger partial charge in [-0.3, -0.25) is 0 Å². The lowest BCUT2D eigenvalue weighted by Gasteiger charge is -2.11. The van der Waals surface area contributed by atoms with Gasteiger partial charge in [-0.05, 0) is 91.4 Å². The fourth-order valence-corrected chi connectivity index (χ4v) is 4.95. The Morgan fingerprint density at radius 1 is 0.711 bits per heavy atom.